The van der Waals surface area contributed by atoms with Crippen molar-refractivity contribution >= 4 is 34.0 Å². The lowest BCUT2D eigenvalue weighted by atomic mass is 10.1. The molecule has 2 amide bonds. The molecule has 0 saturated carbocycles. The molecule has 8 heteroatoms. The Morgan fingerprint density at radius 1 is 1.24 bits per heavy atom. The molecule has 0 radical (unpaired) electrons. The van der Waals surface area contributed by atoms with Crippen LogP contribution in [0.5, 0.6) is 0 Å². The van der Waals surface area contributed by atoms with Gasteiger partial charge in [0.15, 0.2) is 5.13 Å². The van der Waals surface area contributed by atoms with Crippen LogP contribution < -0.4 is 10.2 Å². The molecule has 1 aromatic heterocycles. The summed E-state index contributed by atoms with van der Waals surface area (Å²) in [5, 5.41) is 6.02. The molecule has 2 fully saturated rings. The molecule has 1 atom stereocenters. The summed E-state index contributed by atoms with van der Waals surface area (Å²) in [6, 6.07) is 7.83. The molecule has 0 bridgehead atoms. The first-order valence-corrected chi connectivity index (χ1v) is 10.9. The van der Waals surface area contributed by atoms with Crippen LogP contribution in [0.1, 0.15) is 20.3 Å². The van der Waals surface area contributed by atoms with Crippen molar-refractivity contribution in [1.29, 1.82) is 0 Å². The number of likely N-dealkylation sites (tertiary alicyclic amines) is 1. The van der Waals surface area contributed by atoms with E-state index in [1.165, 1.54) is 0 Å². The van der Waals surface area contributed by atoms with Crippen LogP contribution in [-0.4, -0.2) is 60.6 Å². The quantitative estimate of drug-likeness (QED) is 0.814. The number of benzene rings is 1. The lowest BCUT2D eigenvalue weighted by Gasteiger charge is -2.26. The van der Waals surface area contributed by atoms with Gasteiger partial charge in [-0.1, -0.05) is 12.1 Å². The van der Waals surface area contributed by atoms with Crippen molar-refractivity contribution in [3.63, 3.8) is 0 Å². The van der Waals surface area contributed by atoms with Crippen molar-refractivity contribution in [3.8, 4) is 11.3 Å². The number of hydrogen-bond donors (Lipinski definition) is 1. The molecule has 2 aliphatic rings. The zero-order valence-electron chi connectivity index (χ0n) is 16.8. The molecule has 29 heavy (non-hydrogen) atoms. The third-order valence-corrected chi connectivity index (χ3v) is 6.28. The highest BCUT2D eigenvalue weighted by molar-refractivity contribution is 7.14. The van der Waals surface area contributed by atoms with Gasteiger partial charge in [-0.15, -0.1) is 11.3 Å². The van der Waals surface area contributed by atoms with Gasteiger partial charge < -0.3 is 19.9 Å². The molecule has 0 spiro atoms. The van der Waals surface area contributed by atoms with E-state index < -0.39 is 0 Å². The van der Waals surface area contributed by atoms with Gasteiger partial charge in [-0.3, -0.25) is 9.59 Å². The van der Waals surface area contributed by atoms with Crippen molar-refractivity contribution in [1.82, 2.24) is 9.88 Å². The zero-order chi connectivity index (χ0) is 20.4. The second-order valence-electron chi connectivity index (χ2n) is 7.72. The van der Waals surface area contributed by atoms with E-state index in [1.54, 1.807) is 16.2 Å². The summed E-state index contributed by atoms with van der Waals surface area (Å²) in [4.78, 5) is 33.3. The van der Waals surface area contributed by atoms with Gasteiger partial charge in [0, 0.05) is 48.7 Å². The smallest absolute Gasteiger partial charge is 0.229 e. The molecule has 1 aromatic carbocycles. The molecule has 0 unspecified atom stereocenters. The van der Waals surface area contributed by atoms with Crippen LogP contribution in [0.4, 0.5) is 10.8 Å². The molecular formula is C21H26N4O3S. The van der Waals surface area contributed by atoms with E-state index in [-0.39, 0.29) is 30.2 Å². The number of nitrogens with one attached hydrogen (secondary N) is 1. The molecular weight excluding hydrogens is 388 g/mol. The lowest BCUT2D eigenvalue weighted by molar-refractivity contribution is -0.129. The Kier molecular flexibility index (Phi) is 5.82. The number of aromatic nitrogens is 1. The molecule has 1 N–H and O–H groups in total. The van der Waals surface area contributed by atoms with Gasteiger partial charge in [-0.25, -0.2) is 4.98 Å². The monoisotopic (exact) mass is 414 g/mol. The zero-order valence-corrected chi connectivity index (χ0v) is 17.6. The third-order valence-electron chi connectivity index (χ3n) is 5.37. The van der Waals surface area contributed by atoms with Crippen LogP contribution in [0, 0.1) is 5.92 Å². The first-order chi connectivity index (χ1) is 14.0. The number of thiazole rings is 1. The summed E-state index contributed by atoms with van der Waals surface area (Å²) < 4.78 is 5.40. The van der Waals surface area contributed by atoms with E-state index in [4.69, 9.17) is 9.72 Å². The Bertz CT molecular complexity index is 874. The van der Waals surface area contributed by atoms with Gasteiger partial charge in [-0.2, -0.15) is 0 Å². The van der Waals surface area contributed by atoms with Crippen LogP contribution in [0.15, 0.2) is 29.6 Å². The summed E-state index contributed by atoms with van der Waals surface area (Å²) in [7, 11) is 0. The molecule has 2 aromatic rings. The summed E-state index contributed by atoms with van der Waals surface area (Å²) in [6.45, 7) is 7.66. The van der Waals surface area contributed by atoms with Gasteiger partial charge in [0.25, 0.3) is 0 Å². The van der Waals surface area contributed by atoms with Gasteiger partial charge in [0.1, 0.15) is 0 Å². The Labute approximate surface area is 174 Å². The van der Waals surface area contributed by atoms with E-state index in [9.17, 15) is 9.59 Å². The fourth-order valence-electron chi connectivity index (χ4n) is 3.67. The van der Waals surface area contributed by atoms with Crippen molar-refractivity contribution in [3.05, 3.63) is 29.6 Å². The third kappa shape index (κ3) is 4.43. The highest BCUT2D eigenvalue weighted by Crippen LogP contribution is 2.29. The minimum atomic E-state index is -0.292. The Hall–Kier alpha value is -2.45. The van der Waals surface area contributed by atoms with Crippen LogP contribution in [0.2, 0.25) is 0 Å². The highest BCUT2D eigenvalue weighted by atomic mass is 32.1. The lowest BCUT2D eigenvalue weighted by Crippen LogP contribution is -2.36. The topological polar surface area (TPSA) is 74.8 Å². The SMILES string of the molecule is CC(C)N1C[C@@H](C(=O)Nc2ccc(-c3csc(N4CCOCC4)n3)cc2)CC1=O. The Balaban J connectivity index is 1.38. The van der Waals surface area contributed by atoms with Crippen LogP contribution in [0.25, 0.3) is 11.3 Å². The predicted octanol–water partition coefficient (Wildman–Crippen LogP) is 2.84. The number of amides is 2. The maximum Gasteiger partial charge on any atom is 0.229 e. The van der Waals surface area contributed by atoms with Crippen molar-refractivity contribution in [2.24, 2.45) is 5.92 Å². The van der Waals surface area contributed by atoms with Gasteiger partial charge in [-0.05, 0) is 26.0 Å². The van der Waals surface area contributed by atoms with Crippen molar-refractivity contribution < 1.29 is 14.3 Å². The molecule has 154 valence electrons. The van der Waals surface area contributed by atoms with Crippen LogP contribution >= 0.6 is 11.3 Å². The van der Waals surface area contributed by atoms with Gasteiger partial charge in [0.05, 0.1) is 24.8 Å². The molecule has 7 nitrogen and oxygen atoms in total. The predicted molar refractivity (Wildman–Crippen MR) is 114 cm³/mol. The average molecular weight is 415 g/mol. The highest BCUT2D eigenvalue weighted by Gasteiger charge is 2.35. The van der Waals surface area contributed by atoms with Crippen LogP contribution in [0.3, 0.4) is 0 Å². The van der Waals surface area contributed by atoms with Gasteiger partial charge in [0.2, 0.25) is 11.8 Å². The summed E-state index contributed by atoms with van der Waals surface area (Å²) in [5.74, 6) is -0.341. The number of carbonyl (C=O) groups excluding carboxylic acids is 2. The first-order valence-electron chi connectivity index (χ1n) is 10.0. The molecule has 4 rings (SSSR count). The summed E-state index contributed by atoms with van der Waals surface area (Å²) in [6.07, 6.45) is 0.283. The molecule has 0 aliphatic carbocycles. The van der Waals surface area contributed by atoms with E-state index >= 15 is 0 Å². The minimum absolute atomic E-state index is 0.0510. The molecule has 3 heterocycles. The Morgan fingerprint density at radius 2 is 1.97 bits per heavy atom. The number of ether oxygens (including phenoxy) is 1. The van der Waals surface area contributed by atoms with E-state index in [0.717, 1.165) is 48.4 Å². The summed E-state index contributed by atoms with van der Waals surface area (Å²) in [5.41, 5.74) is 2.68. The molecule has 2 saturated heterocycles. The van der Waals surface area contributed by atoms with Gasteiger partial charge >= 0.3 is 0 Å². The maximum atomic E-state index is 12.5. The average Bonchev–Trinajstić information content (AvgIpc) is 3.36. The number of anilines is 2. The van der Waals surface area contributed by atoms with E-state index in [1.807, 2.05) is 38.1 Å². The number of morpholine rings is 1. The normalized spacial score (nSPS) is 19.8. The van der Waals surface area contributed by atoms with E-state index in [2.05, 4.69) is 15.6 Å². The largest absolute Gasteiger partial charge is 0.378 e. The van der Waals surface area contributed by atoms with Crippen molar-refractivity contribution in [2.75, 3.05) is 43.1 Å². The molecule has 2 aliphatic heterocycles. The first kappa shape index (κ1) is 19.8. The van der Waals surface area contributed by atoms with Crippen molar-refractivity contribution in [2.45, 2.75) is 26.3 Å². The minimum Gasteiger partial charge on any atom is -0.378 e. The number of hydrogen-bond acceptors (Lipinski definition) is 6. The number of nitrogens with zero attached hydrogens (tertiary/aromatic N) is 3. The Morgan fingerprint density at radius 3 is 2.62 bits per heavy atom. The fraction of sp³-hybridized carbons (Fsp3) is 0.476. The fourth-order valence-corrected chi connectivity index (χ4v) is 4.56. The maximum absolute atomic E-state index is 12.5. The van der Waals surface area contributed by atoms with Crippen LogP contribution in [-0.2, 0) is 14.3 Å². The van der Waals surface area contributed by atoms with E-state index in [0.29, 0.717) is 6.54 Å². The number of rotatable bonds is 5. The summed E-state index contributed by atoms with van der Waals surface area (Å²) >= 11 is 1.64. The second-order valence-corrected chi connectivity index (χ2v) is 8.56. The standard InChI is InChI=1S/C21H26N4O3S/c1-14(2)25-12-16(11-19(25)26)20(27)22-17-5-3-15(4-6-17)18-13-29-21(23-18)24-7-9-28-10-8-24/h3-6,13-14,16H,7-12H2,1-2H3,(H,22,27)/t16-/m0/s1. The second kappa shape index (κ2) is 8.51. The number of carbonyl (C=O) groups is 2.